The molecule has 0 amide bonds. The summed E-state index contributed by atoms with van der Waals surface area (Å²) in [6.07, 6.45) is 2.34. The Labute approximate surface area is 145 Å². The van der Waals surface area contributed by atoms with E-state index in [1.165, 1.54) is 23.8 Å². The number of hydrogen-bond acceptors (Lipinski definition) is 4. The molecule has 1 aromatic heterocycles. The van der Waals surface area contributed by atoms with Gasteiger partial charge in [-0.05, 0) is 63.8 Å². The molecule has 1 aromatic carbocycles. The Hall–Kier alpha value is -1.52. The van der Waals surface area contributed by atoms with Crippen molar-refractivity contribution in [3.05, 3.63) is 29.5 Å². The van der Waals surface area contributed by atoms with E-state index in [-0.39, 0.29) is 0 Å². The van der Waals surface area contributed by atoms with Crippen molar-refractivity contribution in [2.75, 3.05) is 40.3 Å². The van der Waals surface area contributed by atoms with Crippen LogP contribution in [0.15, 0.2) is 22.6 Å². The second-order valence-electron chi connectivity index (χ2n) is 6.86. The molecule has 0 saturated carbocycles. The van der Waals surface area contributed by atoms with Crippen molar-refractivity contribution in [2.45, 2.75) is 39.2 Å². The minimum atomic E-state index is 0.527. The highest BCUT2D eigenvalue weighted by molar-refractivity contribution is 5.87. The molecule has 4 heteroatoms. The lowest BCUT2D eigenvalue weighted by Gasteiger charge is -2.27. The summed E-state index contributed by atoms with van der Waals surface area (Å²) in [5.74, 6) is 2.50. The summed E-state index contributed by atoms with van der Waals surface area (Å²) in [7, 11) is 3.91. The number of likely N-dealkylation sites (tertiary alicyclic amines) is 1. The van der Waals surface area contributed by atoms with E-state index in [0.29, 0.717) is 5.92 Å². The Morgan fingerprint density at radius 1 is 1.21 bits per heavy atom. The first-order chi connectivity index (χ1) is 11.7. The minimum Gasteiger partial charge on any atom is -0.493 e. The lowest BCUT2D eigenvalue weighted by Crippen LogP contribution is -2.29. The molecule has 0 bridgehead atoms. The summed E-state index contributed by atoms with van der Waals surface area (Å²) in [4.78, 5) is 4.83. The second kappa shape index (κ2) is 7.58. The van der Waals surface area contributed by atoms with Gasteiger partial charge >= 0.3 is 0 Å². The van der Waals surface area contributed by atoms with Crippen LogP contribution in [-0.2, 0) is 6.54 Å². The third kappa shape index (κ3) is 3.45. The fraction of sp³-hybridized carbons (Fsp3) is 0.600. The van der Waals surface area contributed by atoms with Crippen LogP contribution < -0.4 is 4.74 Å². The fourth-order valence-corrected chi connectivity index (χ4v) is 3.65. The molecule has 24 heavy (non-hydrogen) atoms. The predicted molar refractivity (Wildman–Crippen MR) is 98.9 cm³/mol. The lowest BCUT2D eigenvalue weighted by molar-refractivity contribution is 0.242. The number of rotatable bonds is 6. The van der Waals surface area contributed by atoms with Crippen molar-refractivity contribution in [3.8, 4) is 5.75 Å². The van der Waals surface area contributed by atoms with E-state index in [4.69, 9.17) is 9.15 Å². The molecule has 0 radical (unpaired) electrons. The number of benzene rings is 1. The number of piperidine rings is 1. The highest BCUT2D eigenvalue weighted by Crippen LogP contribution is 2.37. The standard InChI is InChI=1S/C20H30N2O2/c1-5-22(6-2)14-16-7-8-18(23-4)20-17(16)13-19(24-20)15-9-11-21(3)12-10-15/h7-8,13,15H,5-6,9-12,14H2,1-4H3. The summed E-state index contributed by atoms with van der Waals surface area (Å²) in [5.41, 5.74) is 2.24. The van der Waals surface area contributed by atoms with Gasteiger partial charge in [0.25, 0.3) is 0 Å². The normalized spacial score (nSPS) is 17.0. The molecule has 0 unspecified atom stereocenters. The summed E-state index contributed by atoms with van der Waals surface area (Å²) in [5, 5.41) is 1.22. The van der Waals surface area contributed by atoms with Crippen molar-refractivity contribution in [1.82, 2.24) is 9.80 Å². The van der Waals surface area contributed by atoms with E-state index in [1.807, 2.05) is 6.07 Å². The van der Waals surface area contributed by atoms with Crippen LogP contribution in [-0.4, -0.2) is 50.1 Å². The first-order valence-corrected chi connectivity index (χ1v) is 9.16. The van der Waals surface area contributed by atoms with Gasteiger partial charge in [-0.15, -0.1) is 0 Å². The average Bonchev–Trinajstić information content (AvgIpc) is 3.05. The molecule has 3 rings (SSSR count). The fourth-order valence-electron chi connectivity index (χ4n) is 3.65. The number of nitrogens with zero attached hydrogens (tertiary/aromatic N) is 2. The van der Waals surface area contributed by atoms with Crippen molar-refractivity contribution in [2.24, 2.45) is 0 Å². The first kappa shape index (κ1) is 17.3. The Balaban J connectivity index is 1.95. The number of furan rings is 1. The molecule has 2 heterocycles. The van der Waals surface area contributed by atoms with E-state index in [0.717, 1.165) is 49.8 Å². The molecule has 0 aliphatic carbocycles. The molecular formula is C20H30N2O2. The van der Waals surface area contributed by atoms with Gasteiger partial charge in [-0.2, -0.15) is 0 Å². The van der Waals surface area contributed by atoms with E-state index in [9.17, 15) is 0 Å². The van der Waals surface area contributed by atoms with E-state index in [2.05, 4.69) is 42.8 Å². The third-order valence-corrected chi connectivity index (χ3v) is 5.39. The van der Waals surface area contributed by atoms with E-state index < -0.39 is 0 Å². The molecule has 1 aliphatic heterocycles. The number of hydrogen-bond donors (Lipinski definition) is 0. The quantitative estimate of drug-likeness (QED) is 0.797. The van der Waals surface area contributed by atoms with Crippen molar-refractivity contribution >= 4 is 11.0 Å². The third-order valence-electron chi connectivity index (χ3n) is 5.39. The van der Waals surface area contributed by atoms with Gasteiger partial charge < -0.3 is 14.1 Å². The Morgan fingerprint density at radius 2 is 1.92 bits per heavy atom. The van der Waals surface area contributed by atoms with Gasteiger partial charge in [0.1, 0.15) is 5.76 Å². The van der Waals surface area contributed by atoms with Gasteiger partial charge in [0.15, 0.2) is 11.3 Å². The van der Waals surface area contributed by atoms with Crippen LogP contribution in [0.1, 0.15) is 43.9 Å². The molecule has 1 aliphatic rings. The van der Waals surface area contributed by atoms with Crippen LogP contribution in [0.3, 0.4) is 0 Å². The van der Waals surface area contributed by atoms with Gasteiger partial charge in [0.05, 0.1) is 7.11 Å². The molecule has 1 fully saturated rings. The maximum absolute atomic E-state index is 6.29. The smallest absolute Gasteiger partial charge is 0.176 e. The van der Waals surface area contributed by atoms with Crippen molar-refractivity contribution in [1.29, 1.82) is 0 Å². The summed E-state index contributed by atoms with van der Waals surface area (Å²) >= 11 is 0. The van der Waals surface area contributed by atoms with Crippen LogP contribution in [0.4, 0.5) is 0 Å². The van der Waals surface area contributed by atoms with E-state index >= 15 is 0 Å². The zero-order valence-electron chi connectivity index (χ0n) is 15.5. The largest absolute Gasteiger partial charge is 0.493 e. The van der Waals surface area contributed by atoms with Crippen LogP contribution >= 0.6 is 0 Å². The van der Waals surface area contributed by atoms with Gasteiger partial charge in [0.2, 0.25) is 0 Å². The topological polar surface area (TPSA) is 28.9 Å². The van der Waals surface area contributed by atoms with Crippen LogP contribution in [0.25, 0.3) is 11.0 Å². The minimum absolute atomic E-state index is 0.527. The Bertz CT molecular complexity index is 668. The molecule has 0 spiro atoms. The van der Waals surface area contributed by atoms with Crippen molar-refractivity contribution < 1.29 is 9.15 Å². The summed E-state index contributed by atoms with van der Waals surface area (Å²) < 4.78 is 11.8. The zero-order valence-corrected chi connectivity index (χ0v) is 15.5. The molecule has 2 aromatic rings. The van der Waals surface area contributed by atoms with E-state index in [1.54, 1.807) is 7.11 Å². The molecular weight excluding hydrogens is 300 g/mol. The predicted octanol–water partition coefficient (Wildman–Crippen LogP) is 4.09. The van der Waals surface area contributed by atoms with Crippen molar-refractivity contribution in [3.63, 3.8) is 0 Å². The van der Waals surface area contributed by atoms with Gasteiger partial charge in [-0.25, -0.2) is 0 Å². The number of ether oxygens (including phenoxy) is 1. The number of methoxy groups -OCH3 is 1. The van der Waals surface area contributed by atoms with Crippen LogP contribution in [0.5, 0.6) is 5.75 Å². The SMILES string of the molecule is CCN(CC)Cc1ccc(OC)c2oc(C3CCN(C)CC3)cc12. The summed E-state index contributed by atoms with van der Waals surface area (Å²) in [6.45, 7) is 9.79. The number of fused-ring (bicyclic) bond motifs is 1. The van der Waals surface area contributed by atoms with Crippen LogP contribution in [0.2, 0.25) is 0 Å². The van der Waals surface area contributed by atoms with Gasteiger partial charge in [0, 0.05) is 17.8 Å². The van der Waals surface area contributed by atoms with Crippen LogP contribution in [0, 0.1) is 0 Å². The highest BCUT2D eigenvalue weighted by Gasteiger charge is 2.23. The molecule has 4 nitrogen and oxygen atoms in total. The van der Waals surface area contributed by atoms with Gasteiger partial charge in [-0.3, -0.25) is 4.90 Å². The molecule has 0 atom stereocenters. The Kier molecular flexibility index (Phi) is 5.47. The van der Waals surface area contributed by atoms with Gasteiger partial charge in [-0.1, -0.05) is 19.9 Å². The molecule has 132 valence electrons. The molecule has 1 saturated heterocycles. The Morgan fingerprint density at radius 3 is 2.54 bits per heavy atom. The lowest BCUT2D eigenvalue weighted by atomic mass is 9.94. The maximum atomic E-state index is 6.29. The summed E-state index contributed by atoms with van der Waals surface area (Å²) in [6, 6.07) is 6.50. The first-order valence-electron chi connectivity index (χ1n) is 9.16. The second-order valence-corrected chi connectivity index (χ2v) is 6.86. The highest BCUT2D eigenvalue weighted by atomic mass is 16.5. The zero-order chi connectivity index (χ0) is 17.1. The molecule has 0 N–H and O–H groups in total. The average molecular weight is 330 g/mol. The maximum Gasteiger partial charge on any atom is 0.176 e. The monoisotopic (exact) mass is 330 g/mol.